The summed E-state index contributed by atoms with van der Waals surface area (Å²) in [5.74, 6) is 1.06. The summed E-state index contributed by atoms with van der Waals surface area (Å²) >= 11 is 0. The molecule has 0 unspecified atom stereocenters. The highest BCUT2D eigenvalue weighted by Crippen LogP contribution is 2.26. The van der Waals surface area contributed by atoms with Crippen LogP contribution >= 0.6 is 0 Å². The van der Waals surface area contributed by atoms with E-state index in [0.29, 0.717) is 11.7 Å². The number of allylic oxidation sites excluding steroid dienone is 1. The Balaban J connectivity index is 2.16. The average molecular weight is 316 g/mol. The van der Waals surface area contributed by atoms with E-state index in [0.717, 1.165) is 34.5 Å². The van der Waals surface area contributed by atoms with E-state index >= 15 is 0 Å². The van der Waals surface area contributed by atoms with Gasteiger partial charge in [0.25, 0.3) is 0 Å². The molecule has 4 heteroatoms. The zero-order valence-electron chi connectivity index (χ0n) is 13.9. The second-order valence-corrected chi connectivity index (χ2v) is 6.24. The summed E-state index contributed by atoms with van der Waals surface area (Å²) in [6.45, 7) is 4.32. The first kappa shape index (κ1) is 15.8. The molecule has 120 valence electrons. The van der Waals surface area contributed by atoms with Crippen molar-refractivity contribution >= 4 is 17.0 Å². The van der Waals surface area contributed by atoms with Gasteiger partial charge in [0.15, 0.2) is 0 Å². The van der Waals surface area contributed by atoms with Crippen molar-refractivity contribution < 1.29 is 0 Å². The van der Waals surface area contributed by atoms with Gasteiger partial charge in [0, 0.05) is 17.8 Å². The van der Waals surface area contributed by atoms with Gasteiger partial charge in [-0.2, -0.15) is 5.26 Å². The van der Waals surface area contributed by atoms with Crippen LogP contribution in [0.1, 0.15) is 30.7 Å². The molecule has 0 aliphatic heterocycles. The number of anilines is 1. The number of nitriles is 1. The number of pyridine rings is 1. The molecule has 0 saturated heterocycles. The van der Waals surface area contributed by atoms with Gasteiger partial charge < -0.3 is 10.1 Å². The van der Waals surface area contributed by atoms with Crippen LogP contribution in [-0.4, -0.2) is 9.38 Å². The van der Waals surface area contributed by atoms with Gasteiger partial charge in [-0.3, -0.25) is 0 Å². The summed E-state index contributed by atoms with van der Waals surface area (Å²) in [4.78, 5) is 4.44. The summed E-state index contributed by atoms with van der Waals surface area (Å²) in [6, 6.07) is 16.0. The Labute approximate surface area is 141 Å². The molecule has 0 aliphatic rings. The van der Waals surface area contributed by atoms with Gasteiger partial charge >= 0.3 is 0 Å². The third-order valence-electron chi connectivity index (χ3n) is 3.95. The summed E-state index contributed by atoms with van der Waals surface area (Å²) < 4.78 is 2.04. The van der Waals surface area contributed by atoms with Crippen LogP contribution in [0.25, 0.3) is 11.2 Å². The number of nitrogen functional groups attached to an aromatic ring is 1. The lowest BCUT2D eigenvalue weighted by Crippen LogP contribution is -2.02. The molecule has 2 aromatic heterocycles. The van der Waals surface area contributed by atoms with Crippen LogP contribution in [0.5, 0.6) is 0 Å². The van der Waals surface area contributed by atoms with Crippen LogP contribution in [0.2, 0.25) is 0 Å². The quantitative estimate of drug-likeness (QED) is 0.738. The minimum atomic E-state index is 0.485. The number of imidazole rings is 1. The first-order valence-corrected chi connectivity index (χ1v) is 8.02. The third-order valence-corrected chi connectivity index (χ3v) is 3.95. The van der Waals surface area contributed by atoms with Crippen molar-refractivity contribution in [3.05, 3.63) is 71.6 Å². The Morgan fingerprint density at radius 1 is 1.21 bits per heavy atom. The summed E-state index contributed by atoms with van der Waals surface area (Å²) in [7, 11) is 0. The van der Waals surface area contributed by atoms with Gasteiger partial charge in [0.1, 0.15) is 11.5 Å². The van der Waals surface area contributed by atoms with Crippen molar-refractivity contribution in [1.29, 1.82) is 5.26 Å². The van der Waals surface area contributed by atoms with Gasteiger partial charge in [-0.25, -0.2) is 4.98 Å². The van der Waals surface area contributed by atoms with Crippen LogP contribution in [-0.2, 0) is 6.42 Å². The zero-order chi connectivity index (χ0) is 17.1. The standard InChI is InChI=1S/C20H20N4/c1-14(2)12-18-20(22)23-19-9-8-16(13-24(18)19)17(10-11-21)15-6-4-3-5-7-15/h3-10,13-14H,12,22H2,1-2H3/b17-10-. The molecule has 2 N–H and O–H groups in total. The topological polar surface area (TPSA) is 67.1 Å². The molecule has 0 fully saturated rings. The molecule has 24 heavy (non-hydrogen) atoms. The van der Waals surface area contributed by atoms with E-state index in [1.165, 1.54) is 0 Å². The number of nitrogens with zero attached hydrogens (tertiary/aromatic N) is 3. The van der Waals surface area contributed by atoms with E-state index in [1.807, 2.05) is 53.1 Å². The molecule has 0 atom stereocenters. The SMILES string of the molecule is CC(C)Cc1c(N)nc2ccc(/C(=C\C#N)c3ccccc3)cn12. The van der Waals surface area contributed by atoms with E-state index in [1.54, 1.807) is 6.08 Å². The lowest BCUT2D eigenvalue weighted by Gasteiger charge is -2.10. The fourth-order valence-corrected chi connectivity index (χ4v) is 2.88. The Kier molecular flexibility index (Phi) is 4.35. The van der Waals surface area contributed by atoms with Gasteiger partial charge in [-0.15, -0.1) is 0 Å². The summed E-state index contributed by atoms with van der Waals surface area (Å²) in [6.07, 6.45) is 4.46. The normalized spacial score (nSPS) is 11.8. The molecular formula is C20H20N4. The zero-order valence-corrected chi connectivity index (χ0v) is 13.9. The number of hydrogen-bond acceptors (Lipinski definition) is 3. The first-order valence-electron chi connectivity index (χ1n) is 8.02. The minimum absolute atomic E-state index is 0.485. The largest absolute Gasteiger partial charge is 0.382 e. The predicted molar refractivity (Wildman–Crippen MR) is 97.3 cm³/mol. The molecule has 0 bridgehead atoms. The second kappa shape index (κ2) is 6.59. The van der Waals surface area contributed by atoms with Crippen LogP contribution in [0.3, 0.4) is 0 Å². The molecule has 3 aromatic rings. The predicted octanol–water partition coefficient (Wildman–Crippen LogP) is 4.07. The molecule has 3 rings (SSSR count). The van der Waals surface area contributed by atoms with E-state index < -0.39 is 0 Å². The molecule has 0 saturated carbocycles. The molecule has 0 spiro atoms. The van der Waals surface area contributed by atoms with E-state index in [2.05, 4.69) is 24.9 Å². The van der Waals surface area contributed by atoms with Crippen LogP contribution in [0.15, 0.2) is 54.7 Å². The van der Waals surface area contributed by atoms with Crippen LogP contribution in [0.4, 0.5) is 5.82 Å². The molecule has 2 heterocycles. The molecule has 0 aliphatic carbocycles. The summed E-state index contributed by atoms with van der Waals surface area (Å²) in [5, 5.41) is 9.18. The summed E-state index contributed by atoms with van der Waals surface area (Å²) in [5.41, 5.74) is 10.8. The Bertz CT molecular complexity index is 927. The number of rotatable bonds is 4. The lowest BCUT2D eigenvalue weighted by atomic mass is 9.99. The van der Waals surface area contributed by atoms with E-state index in [9.17, 15) is 5.26 Å². The van der Waals surface area contributed by atoms with E-state index in [4.69, 9.17) is 5.73 Å². The van der Waals surface area contributed by atoms with Gasteiger partial charge in [0.2, 0.25) is 0 Å². The minimum Gasteiger partial charge on any atom is -0.382 e. The number of benzene rings is 1. The van der Waals surface area contributed by atoms with Crippen LogP contribution < -0.4 is 5.73 Å². The third kappa shape index (κ3) is 3.02. The Morgan fingerprint density at radius 2 is 1.96 bits per heavy atom. The van der Waals surface area contributed by atoms with Gasteiger partial charge in [-0.05, 0) is 35.6 Å². The Hall–Kier alpha value is -3.06. The van der Waals surface area contributed by atoms with Crippen molar-refractivity contribution in [3.63, 3.8) is 0 Å². The smallest absolute Gasteiger partial charge is 0.145 e. The van der Waals surface area contributed by atoms with E-state index in [-0.39, 0.29) is 0 Å². The highest BCUT2D eigenvalue weighted by atomic mass is 15.1. The highest BCUT2D eigenvalue weighted by Gasteiger charge is 2.13. The number of fused-ring (bicyclic) bond motifs is 1. The molecule has 0 radical (unpaired) electrons. The first-order chi connectivity index (χ1) is 11.6. The number of nitrogens with two attached hydrogens (primary N) is 1. The van der Waals surface area contributed by atoms with Crippen molar-refractivity contribution in [2.24, 2.45) is 5.92 Å². The fourth-order valence-electron chi connectivity index (χ4n) is 2.88. The van der Waals surface area contributed by atoms with Crippen molar-refractivity contribution in [2.75, 3.05) is 5.73 Å². The van der Waals surface area contributed by atoms with Gasteiger partial charge in [-0.1, -0.05) is 44.2 Å². The Morgan fingerprint density at radius 3 is 2.62 bits per heavy atom. The maximum atomic E-state index is 9.18. The molecule has 0 amide bonds. The van der Waals surface area contributed by atoms with Crippen molar-refractivity contribution in [2.45, 2.75) is 20.3 Å². The van der Waals surface area contributed by atoms with Crippen molar-refractivity contribution in [1.82, 2.24) is 9.38 Å². The number of aromatic nitrogens is 2. The molecule has 4 nitrogen and oxygen atoms in total. The highest BCUT2D eigenvalue weighted by molar-refractivity contribution is 5.81. The van der Waals surface area contributed by atoms with Crippen molar-refractivity contribution in [3.8, 4) is 6.07 Å². The molecular weight excluding hydrogens is 296 g/mol. The maximum Gasteiger partial charge on any atom is 0.145 e. The average Bonchev–Trinajstić information content (AvgIpc) is 2.88. The number of hydrogen-bond donors (Lipinski definition) is 1. The van der Waals surface area contributed by atoms with Gasteiger partial charge in [0.05, 0.1) is 11.8 Å². The fraction of sp³-hybridized carbons (Fsp3) is 0.200. The van der Waals surface area contributed by atoms with Crippen LogP contribution in [0, 0.1) is 17.2 Å². The lowest BCUT2D eigenvalue weighted by molar-refractivity contribution is 0.633. The second-order valence-electron chi connectivity index (χ2n) is 6.24. The molecule has 1 aromatic carbocycles. The maximum absolute atomic E-state index is 9.18. The monoisotopic (exact) mass is 316 g/mol.